The summed E-state index contributed by atoms with van der Waals surface area (Å²) in [5, 5.41) is 10.7. The number of rotatable bonds is 4. The molecule has 1 aliphatic rings. The first-order chi connectivity index (χ1) is 8.84. The molecule has 0 saturated heterocycles. The highest BCUT2D eigenvalue weighted by Crippen LogP contribution is 2.30. The summed E-state index contributed by atoms with van der Waals surface area (Å²) in [5.41, 5.74) is 2.41. The average molecular weight is 245 g/mol. The quantitative estimate of drug-likeness (QED) is 0.863. The number of aromatic amines is 1. The molecule has 1 fully saturated rings. The summed E-state index contributed by atoms with van der Waals surface area (Å²) in [6, 6.07) is 1.08. The van der Waals surface area contributed by atoms with E-state index in [2.05, 4.69) is 38.2 Å². The Morgan fingerprint density at radius 3 is 3.17 bits per heavy atom. The molecular weight excluding hydrogens is 226 g/mol. The van der Waals surface area contributed by atoms with Gasteiger partial charge < -0.3 is 9.88 Å². The average Bonchev–Trinajstić information content (AvgIpc) is 3.07. The van der Waals surface area contributed by atoms with Crippen molar-refractivity contribution in [1.29, 1.82) is 0 Å². The number of hydrogen-bond donors (Lipinski definition) is 2. The molecule has 3 rings (SSSR count). The van der Waals surface area contributed by atoms with Gasteiger partial charge in [-0.1, -0.05) is 0 Å². The van der Waals surface area contributed by atoms with Crippen molar-refractivity contribution in [2.75, 3.05) is 0 Å². The highest BCUT2D eigenvalue weighted by molar-refractivity contribution is 5.14. The molecule has 2 unspecified atom stereocenters. The van der Waals surface area contributed by atoms with Crippen molar-refractivity contribution < 1.29 is 0 Å². The van der Waals surface area contributed by atoms with Crippen LogP contribution >= 0.6 is 0 Å². The predicted octanol–water partition coefficient (Wildman–Crippen LogP) is 1.80. The van der Waals surface area contributed by atoms with Gasteiger partial charge in [-0.05, 0) is 26.2 Å². The van der Waals surface area contributed by atoms with Crippen molar-refractivity contribution in [2.24, 2.45) is 0 Å². The molecule has 5 heteroatoms. The van der Waals surface area contributed by atoms with Crippen molar-refractivity contribution in [1.82, 2.24) is 25.1 Å². The number of aromatic nitrogens is 4. The van der Waals surface area contributed by atoms with Gasteiger partial charge in [-0.25, -0.2) is 4.98 Å². The lowest BCUT2D eigenvalue weighted by atomic mass is 10.1. The van der Waals surface area contributed by atoms with E-state index in [1.54, 1.807) is 0 Å². The standard InChI is InChI=1S/C13H19N5/c1-10-11(8-16-17-10)7-15-12-3-2-4-13(12)18-6-5-14-9-18/h5-6,8-9,12-13,15H,2-4,7H2,1H3,(H,16,17). The van der Waals surface area contributed by atoms with Crippen LogP contribution in [0.5, 0.6) is 0 Å². The van der Waals surface area contributed by atoms with E-state index < -0.39 is 0 Å². The van der Waals surface area contributed by atoms with Crippen LogP contribution in [0.25, 0.3) is 0 Å². The van der Waals surface area contributed by atoms with Crippen molar-refractivity contribution >= 4 is 0 Å². The van der Waals surface area contributed by atoms with Gasteiger partial charge in [0.25, 0.3) is 0 Å². The van der Waals surface area contributed by atoms with E-state index in [-0.39, 0.29) is 0 Å². The van der Waals surface area contributed by atoms with Gasteiger partial charge in [-0.15, -0.1) is 0 Å². The van der Waals surface area contributed by atoms with E-state index >= 15 is 0 Å². The molecule has 1 saturated carbocycles. The lowest BCUT2D eigenvalue weighted by Gasteiger charge is -2.22. The molecular formula is C13H19N5. The fourth-order valence-corrected chi connectivity index (χ4v) is 2.80. The summed E-state index contributed by atoms with van der Waals surface area (Å²) < 4.78 is 2.23. The maximum atomic E-state index is 4.15. The van der Waals surface area contributed by atoms with Crippen LogP contribution in [0.15, 0.2) is 24.9 Å². The zero-order valence-corrected chi connectivity index (χ0v) is 10.6. The molecule has 0 radical (unpaired) electrons. The highest BCUT2D eigenvalue weighted by atomic mass is 15.1. The summed E-state index contributed by atoms with van der Waals surface area (Å²) in [5.74, 6) is 0. The number of hydrogen-bond acceptors (Lipinski definition) is 3. The van der Waals surface area contributed by atoms with E-state index in [1.165, 1.54) is 24.8 Å². The van der Waals surface area contributed by atoms with Crippen LogP contribution in [0.4, 0.5) is 0 Å². The normalized spacial score (nSPS) is 23.6. The molecule has 2 aromatic heterocycles. The molecule has 2 aromatic rings. The minimum absolute atomic E-state index is 0.536. The first kappa shape index (κ1) is 11.5. The minimum atomic E-state index is 0.536. The van der Waals surface area contributed by atoms with Gasteiger partial charge in [0.15, 0.2) is 0 Å². The first-order valence-electron chi connectivity index (χ1n) is 6.54. The largest absolute Gasteiger partial charge is 0.333 e. The van der Waals surface area contributed by atoms with Gasteiger partial charge in [0, 0.05) is 42.3 Å². The second kappa shape index (κ2) is 4.94. The van der Waals surface area contributed by atoms with Crippen molar-refractivity contribution in [3.63, 3.8) is 0 Å². The lowest BCUT2D eigenvalue weighted by Crippen LogP contribution is -2.33. The summed E-state index contributed by atoms with van der Waals surface area (Å²) in [6.07, 6.45) is 11.5. The second-order valence-corrected chi connectivity index (χ2v) is 5.02. The zero-order valence-electron chi connectivity index (χ0n) is 10.6. The molecule has 2 atom stereocenters. The summed E-state index contributed by atoms with van der Waals surface area (Å²) in [4.78, 5) is 4.15. The van der Waals surface area contributed by atoms with Gasteiger partial charge in [-0.2, -0.15) is 5.10 Å². The molecule has 5 nitrogen and oxygen atoms in total. The van der Waals surface area contributed by atoms with Gasteiger partial charge >= 0.3 is 0 Å². The van der Waals surface area contributed by atoms with Gasteiger partial charge in [0.1, 0.15) is 0 Å². The topological polar surface area (TPSA) is 58.5 Å². The van der Waals surface area contributed by atoms with Crippen LogP contribution in [-0.2, 0) is 6.54 Å². The molecule has 18 heavy (non-hydrogen) atoms. The Morgan fingerprint density at radius 1 is 1.50 bits per heavy atom. The van der Waals surface area contributed by atoms with Gasteiger partial charge in [-0.3, -0.25) is 5.10 Å². The minimum Gasteiger partial charge on any atom is -0.333 e. The number of H-pyrrole nitrogens is 1. The van der Waals surface area contributed by atoms with Crippen molar-refractivity contribution in [2.45, 2.75) is 44.8 Å². The molecule has 0 bridgehead atoms. The zero-order chi connectivity index (χ0) is 12.4. The van der Waals surface area contributed by atoms with Gasteiger partial charge in [0.05, 0.1) is 12.5 Å². The van der Waals surface area contributed by atoms with Crippen LogP contribution in [0.2, 0.25) is 0 Å². The Balaban J connectivity index is 1.64. The molecule has 0 aromatic carbocycles. The van der Waals surface area contributed by atoms with Crippen LogP contribution in [-0.4, -0.2) is 25.8 Å². The molecule has 1 aliphatic carbocycles. The van der Waals surface area contributed by atoms with Crippen molar-refractivity contribution in [3.05, 3.63) is 36.2 Å². The van der Waals surface area contributed by atoms with E-state index in [9.17, 15) is 0 Å². The molecule has 0 amide bonds. The van der Waals surface area contributed by atoms with E-state index in [0.29, 0.717) is 12.1 Å². The molecule has 0 aliphatic heterocycles. The van der Waals surface area contributed by atoms with E-state index in [0.717, 1.165) is 12.2 Å². The SMILES string of the molecule is Cc1[nH]ncc1CNC1CCCC1n1ccnc1. The first-order valence-corrected chi connectivity index (χ1v) is 6.54. The Kier molecular flexibility index (Phi) is 3.15. The highest BCUT2D eigenvalue weighted by Gasteiger charge is 2.27. The smallest absolute Gasteiger partial charge is 0.0949 e. The van der Waals surface area contributed by atoms with Crippen molar-refractivity contribution in [3.8, 4) is 0 Å². The molecule has 0 spiro atoms. The number of nitrogens with zero attached hydrogens (tertiary/aromatic N) is 3. The summed E-state index contributed by atoms with van der Waals surface area (Å²) in [7, 11) is 0. The third-order valence-electron chi connectivity index (χ3n) is 3.88. The molecule has 2 heterocycles. The number of nitrogens with one attached hydrogen (secondary N) is 2. The predicted molar refractivity (Wildman–Crippen MR) is 69.1 cm³/mol. The number of aryl methyl sites for hydroxylation is 1. The third kappa shape index (κ3) is 2.18. The van der Waals surface area contributed by atoms with E-state index in [4.69, 9.17) is 0 Å². The second-order valence-electron chi connectivity index (χ2n) is 5.02. The molecule has 96 valence electrons. The van der Waals surface area contributed by atoms with Crippen LogP contribution in [0.3, 0.4) is 0 Å². The summed E-state index contributed by atoms with van der Waals surface area (Å²) >= 11 is 0. The third-order valence-corrected chi connectivity index (χ3v) is 3.88. The monoisotopic (exact) mass is 245 g/mol. The fourth-order valence-electron chi connectivity index (χ4n) is 2.80. The number of imidazole rings is 1. The fraction of sp³-hybridized carbons (Fsp3) is 0.538. The maximum Gasteiger partial charge on any atom is 0.0949 e. The van der Waals surface area contributed by atoms with Crippen LogP contribution in [0, 0.1) is 6.92 Å². The maximum absolute atomic E-state index is 4.15. The summed E-state index contributed by atoms with van der Waals surface area (Å²) in [6.45, 7) is 2.95. The van der Waals surface area contributed by atoms with E-state index in [1.807, 2.05) is 18.7 Å². The Hall–Kier alpha value is -1.62. The molecule has 2 N–H and O–H groups in total. The van der Waals surface area contributed by atoms with Crippen LogP contribution in [0.1, 0.15) is 36.6 Å². The Morgan fingerprint density at radius 2 is 2.44 bits per heavy atom. The lowest BCUT2D eigenvalue weighted by molar-refractivity contribution is 0.390. The van der Waals surface area contributed by atoms with Gasteiger partial charge in [0.2, 0.25) is 0 Å². The Labute approximate surface area is 107 Å². The Bertz CT molecular complexity index is 487. The van der Waals surface area contributed by atoms with Crippen LogP contribution < -0.4 is 5.32 Å².